The van der Waals surface area contributed by atoms with Crippen LogP contribution in [0.15, 0.2) is 30.3 Å². The molecule has 2 N–H and O–H groups in total. The monoisotopic (exact) mass is 394 g/mol. The molecule has 0 saturated heterocycles. The van der Waals surface area contributed by atoms with Crippen molar-refractivity contribution in [1.29, 1.82) is 0 Å². The van der Waals surface area contributed by atoms with Crippen LogP contribution in [0, 0.1) is 29.1 Å². The van der Waals surface area contributed by atoms with Crippen molar-refractivity contribution in [1.82, 2.24) is 5.43 Å². The third kappa shape index (κ3) is 4.90. The SMILES string of the molecule is O=C(/C=C/c1ccc(OC(F)F)cc1)NNc1c(F)c(F)c(F)c(F)c1F. The molecule has 0 fully saturated rings. The van der Waals surface area contributed by atoms with Crippen LogP contribution in [-0.4, -0.2) is 12.5 Å². The summed E-state index contributed by atoms with van der Waals surface area (Å²) in [6.07, 6.45) is 2.06. The predicted molar refractivity (Wildman–Crippen MR) is 80.1 cm³/mol. The van der Waals surface area contributed by atoms with Gasteiger partial charge in [-0.25, -0.2) is 22.0 Å². The lowest BCUT2D eigenvalue weighted by Crippen LogP contribution is -2.29. The lowest BCUT2D eigenvalue weighted by atomic mass is 10.2. The summed E-state index contributed by atoms with van der Waals surface area (Å²) in [4.78, 5) is 11.6. The maximum absolute atomic E-state index is 13.4. The molecule has 0 bridgehead atoms. The van der Waals surface area contributed by atoms with Crippen molar-refractivity contribution in [2.75, 3.05) is 5.43 Å². The average molecular weight is 394 g/mol. The van der Waals surface area contributed by atoms with E-state index in [1.807, 2.05) is 0 Å². The lowest BCUT2D eigenvalue weighted by Gasteiger charge is -2.10. The van der Waals surface area contributed by atoms with Gasteiger partial charge in [0.05, 0.1) is 0 Å². The third-order valence-corrected chi connectivity index (χ3v) is 3.05. The second kappa shape index (κ2) is 8.43. The number of nitrogens with one attached hydrogen (secondary N) is 2. The zero-order valence-corrected chi connectivity index (χ0v) is 13.0. The molecule has 0 spiro atoms. The molecule has 4 nitrogen and oxygen atoms in total. The maximum Gasteiger partial charge on any atom is 0.387 e. The minimum absolute atomic E-state index is 0.111. The van der Waals surface area contributed by atoms with Crippen molar-refractivity contribution in [2.45, 2.75) is 6.61 Å². The van der Waals surface area contributed by atoms with E-state index in [0.717, 1.165) is 6.08 Å². The Morgan fingerprint density at radius 1 is 0.889 bits per heavy atom. The minimum atomic E-state index is -3.00. The smallest absolute Gasteiger partial charge is 0.387 e. The van der Waals surface area contributed by atoms with Crippen LogP contribution >= 0.6 is 0 Å². The van der Waals surface area contributed by atoms with E-state index in [-0.39, 0.29) is 5.75 Å². The largest absolute Gasteiger partial charge is 0.435 e. The number of ether oxygens (including phenoxy) is 1. The van der Waals surface area contributed by atoms with Crippen LogP contribution in [0.25, 0.3) is 6.08 Å². The highest BCUT2D eigenvalue weighted by Crippen LogP contribution is 2.26. The van der Waals surface area contributed by atoms with E-state index in [9.17, 15) is 35.5 Å². The van der Waals surface area contributed by atoms with Gasteiger partial charge in [-0.15, -0.1) is 0 Å². The molecule has 0 unspecified atom stereocenters. The number of anilines is 1. The first-order valence-electron chi connectivity index (χ1n) is 7.01. The molecular weight excluding hydrogens is 385 g/mol. The van der Waals surface area contributed by atoms with Crippen LogP contribution in [-0.2, 0) is 4.79 Å². The van der Waals surface area contributed by atoms with E-state index in [0.29, 0.717) is 5.56 Å². The first-order chi connectivity index (χ1) is 12.7. The molecule has 0 aliphatic rings. The van der Waals surface area contributed by atoms with E-state index in [4.69, 9.17) is 0 Å². The number of hydrazine groups is 1. The van der Waals surface area contributed by atoms with Gasteiger partial charge in [-0.2, -0.15) is 8.78 Å². The lowest BCUT2D eigenvalue weighted by molar-refractivity contribution is -0.116. The Morgan fingerprint density at radius 2 is 1.41 bits per heavy atom. The zero-order chi connectivity index (χ0) is 20.1. The standard InChI is InChI=1S/C16H9F7N2O2/c17-10-11(18)13(20)15(14(21)12(10)19)25-24-9(26)6-3-7-1-4-8(5-2-7)27-16(22)23/h1-6,16,25H,(H,24,26)/b6-3+. The van der Waals surface area contributed by atoms with Crippen LogP contribution in [0.4, 0.5) is 36.4 Å². The summed E-state index contributed by atoms with van der Waals surface area (Å²) in [5.41, 5.74) is 2.28. The van der Waals surface area contributed by atoms with E-state index in [1.165, 1.54) is 30.3 Å². The van der Waals surface area contributed by atoms with Gasteiger partial charge in [0.25, 0.3) is 5.91 Å². The van der Waals surface area contributed by atoms with E-state index < -0.39 is 47.3 Å². The highest BCUT2D eigenvalue weighted by molar-refractivity contribution is 5.92. The fraction of sp³-hybridized carbons (Fsp3) is 0.0625. The number of amides is 1. The molecule has 11 heteroatoms. The number of alkyl halides is 2. The van der Waals surface area contributed by atoms with Gasteiger partial charge in [-0.05, 0) is 23.8 Å². The first-order valence-corrected chi connectivity index (χ1v) is 7.01. The van der Waals surface area contributed by atoms with Crippen LogP contribution in [0.1, 0.15) is 5.56 Å². The Hall–Kier alpha value is -3.24. The van der Waals surface area contributed by atoms with Crippen LogP contribution in [0.5, 0.6) is 5.75 Å². The van der Waals surface area contributed by atoms with Crippen LogP contribution in [0.2, 0.25) is 0 Å². The van der Waals surface area contributed by atoms with Crippen molar-refractivity contribution < 1.29 is 40.3 Å². The van der Waals surface area contributed by atoms with Crippen molar-refractivity contribution in [3.8, 4) is 5.75 Å². The molecule has 2 aromatic carbocycles. The molecule has 0 aromatic heterocycles. The minimum Gasteiger partial charge on any atom is -0.435 e. The number of halogens is 7. The Bertz CT molecular complexity index is 841. The molecule has 0 radical (unpaired) electrons. The Labute approximate surface area is 147 Å². The number of carbonyl (C=O) groups excluding carboxylic acids is 1. The summed E-state index contributed by atoms with van der Waals surface area (Å²) < 4.78 is 93.9. The van der Waals surface area contributed by atoms with Crippen LogP contribution in [0.3, 0.4) is 0 Å². The summed E-state index contributed by atoms with van der Waals surface area (Å²) in [5, 5.41) is 0. The summed E-state index contributed by atoms with van der Waals surface area (Å²) in [6, 6.07) is 5.07. The van der Waals surface area contributed by atoms with Gasteiger partial charge in [-0.1, -0.05) is 12.1 Å². The van der Waals surface area contributed by atoms with Crippen molar-refractivity contribution in [3.05, 3.63) is 65.0 Å². The van der Waals surface area contributed by atoms with Gasteiger partial charge in [-0.3, -0.25) is 15.6 Å². The number of rotatable bonds is 6. The molecule has 2 aromatic rings. The molecule has 0 aliphatic heterocycles. The molecule has 0 atom stereocenters. The summed E-state index contributed by atoms with van der Waals surface area (Å²) >= 11 is 0. The number of benzene rings is 2. The molecular formula is C16H9F7N2O2. The second-order valence-electron chi connectivity index (χ2n) is 4.84. The summed E-state index contributed by atoms with van der Waals surface area (Å²) in [7, 11) is 0. The third-order valence-electron chi connectivity index (χ3n) is 3.05. The number of carbonyl (C=O) groups is 1. The molecule has 2 rings (SSSR count). The van der Waals surface area contributed by atoms with Crippen molar-refractivity contribution in [2.24, 2.45) is 0 Å². The van der Waals surface area contributed by atoms with Gasteiger partial charge in [0.2, 0.25) is 5.82 Å². The van der Waals surface area contributed by atoms with Crippen LogP contribution < -0.4 is 15.6 Å². The fourth-order valence-electron chi connectivity index (χ4n) is 1.81. The highest BCUT2D eigenvalue weighted by Gasteiger charge is 2.25. The molecule has 27 heavy (non-hydrogen) atoms. The molecule has 1 amide bonds. The second-order valence-corrected chi connectivity index (χ2v) is 4.84. The molecule has 0 aliphatic carbocycles. The number of hydrogen-bond acceptors (Lipinski definition) is 3. The average Bonchev–Trinajstić information content (AvgIpc) is 2.63. The summed E-state index contributed by atoms with van der Waals surface area (Å²) in [6.45, 7) is -3.00. The normalized spacial score (nSPS) is 11.1. The predicted octanol–water partition coefficient (Wildman–Crippen LogP) is 4.14. The summed E-state index contributed by atoms with van der Waals surface area (Å²) in [5.74, 6) is -12.1. The fourth-order valence-corrected chi connectivity index (χ4v) is 1.81. The van der Waals surface area contributed by atoms with Gasteiger partial charge in [0, 0.05) is 6.08 Å². The van der Waals surface area contributed by atoms with Crippen molar-refractivity contribution >= 4 is 17.7 Å². The Kier molecular flexibility index (Phi) is 6.27. The zero-order valence-electron chi connectivity index (χ0n) is 13.0. The Balaban J connectivity index is 2.02. The van der Waals surface area contributed by atoms with Gasteiger partial charge < -0.3 is 4.74 Å². The Morgan fingerprint density at radius 3 is 1.93 bits per heavy atom. The molecule has 144 valence electrons. The molecule has 0 heterocycles. The highest BCUT2D eigenvalue weighted by atomic mass is 19.3. The van der Waals surface area contributed by atoms with E-state index in [2.05, 4.69) is 4.74 Å². The quantitative estimate of drug-likeness (QED) is 0.255. The van der Waals surface area contributed by atoms with E-state index in [1.54, 1.807) is 10.9 Å². The van der Waals surface area contributed by atoms with Crippen molar-refractivity contribution in [3.63, 3.8) is 0 Å². The van der Waals surface area contributed by atoms with Gasteiger partial charge in [0.1, 0.15) is 11.4 Å². The topological polar surface area (TPSA) is 50.4 Å². The number of hydrogen-bond donors (Lipinski definition) is 2. The molecule has 0 saturated carbocycles. The van der Waals surface area contributed by atoms with Gasteiger partial charge >= 0.3 is 6.61 Å². The first kappa shape index (κ1) is 20.1. The van der Waals surface area contributed by atoms with E-state index >= 15 is 0 Å². The van der Waals surface area contributed by atoms with Gasteiger partial charge in [0.15, 0.2) is 23.3 Å². The maximum atomic E-state index is 13.4.